The Hall–Kier alpha value is -0.860. The molecule has 0 aliphatic carbocycles. The summed E-state index contributed by atoms with van der Waals surface area (Å²) in [5.74, 6) is 0.904. The maximum absolute atomic E-state index is 3.80. The predicted molar refractivity (Wildman–Crippen MR) is 91.5 cm³/mol. The van der Waals surface area contributed by atoms with Crippen molar-refractivity contribution in [2.75, 3.05) is 19.6 Å². The minimum Gasteiger partial charge on any atom is -0.309 e. The summed E-state index contributed by atoms with van der Waals surface area (Å²) >= 11 is 0. The minimum absolute atomic E-state index is 0.465. The fraction of sp³-hybridized carbons (Fsp3) is 0.684. The molecule has 0 bridgehead atoms. The van der Waals surface area contributed by atoms with E-state index in [1.807, 2.05) is 0 Å². The van der Waals surface area contributed by atoms with Crippen LogP contribution in [0, 0.1) is 5.92 Å². The van der Waals surface area contributed by atoms with Crippen molar-refractivity contribution in [1.29, 1.82) is 0 Å². The fourth-order valence-electron chi connectivity index (χ4n) is 3.64. The van der Waals surface area contributed by atoms with Gasteiger partial charge in [-0.1, -0.05) is 57.5 Å². The third-order valence-corrected chi connectivity index (χ3v) is 4.94. The Balaban J connectivity index is 2.13. The predicted octanol–water partition coefficient (Wildman–Crippen LogP) is 4.24. The van der Waals surface area contributed by atoms with E-state index in [9.17, 15) is 0 Å². The average Bonchev–Trinajstić information content (AvgIpc) is 3.01. The summed E-state index contributed by atoms with van der Waals surface area (Å²) in [6.07, 6.45) is 5.11. The number of benzene rings is 1. The molecule has 1 saturated heterocycles. The Kier molecular flexibility index (Phi) is 6.72. The first-order chi connectivity index (χ1) is 10.3. The van der Waals surface area contributed by atoms with Gasteiger partial charge in [-0.2, -0.15) is 0 Å². The summed E-state index contributed by atoms with van der Waals surface area (Å²) in [6.45, 7) is 10.6. The quantitative estimate of drug-likeness (QED) is 0.770. The Morgan fingerprint density at radius 3 is 2.52 bits per heavy atom. The topological polar surface area (TPSA) is 15.3 Å². The van der Waals surface area contributed by atoms with Crippen LogP contribution in [0.3, 0.4) is 0 Å². The largest absolute Gasteiger partial charge is 0.309 e. The van der Waals surface area contributed by atoms with Crippen molar-refractivity contribution in [2.24, 2.45) is 5.92 Å². The fourth-order valence-corrected chi connectivity index (χ4v) is 3.64. The SMILES string of the molecule is CCCNC(c1ccccc1)C(CC)N1CCC(CC)C1. The van der Waals surface area contributed by atoms with Gasteiger partial charge in [0.2, 0.25) is 0 Å². The highest BCUT2D eigenvalue weighted by Crippen LogP contribution is 2.29. The molecule has 3 atom stereocenters. The van der Waals surface area contributed by atoms with Gasteiger partial charge in [0.05, 0.1) is 0 Å². The van der Waals surface area contributed by atoms with Crippen molar-refractivity contribution in [3.05, 3.63) is 35.9 Å². The van der Waals surface area contributed by atoms with Crippen LogP contribution in [0.25, 0.3) is 0 Å². The van der Waals surface area contributed by atoms with Crippen LogP contribution in [0.15, 0.2) is 30.3 Å². The van der Waals surface area contributed by atoms with Crippen molar-refractivity contribution in [3.63, 3.8) is 0 Å². The molecule has 1 aromatic carbocycles. The highest BCUT2D eigenvalue weighted by atomic mass is 15.2. The number of hydrogen-bond donors (Lipinski definition) is 1. The van der Waals surface area contributed by atoms with E-state index in [0.29, 0.717) is 12.1 Å². The van der Waals surface area contributed by atoms with Crippen molar-refractivity contribution in [1.82, 2.24) is 10.2 Å². The molecule has 118 valence electrons. The molecular formula is C19H32N2. The van der Waals surface area contributed by atoms with Crippen LogP contribution in [0.1, 0.15) is 58.1 Å². The van der Waals surface area contributed by atoms with E-state index in [0.717, 1.165) is 12.5 Å². The lowest BCUT2D eigenvalue weighted by molar-refractivity contribution is 0.179. The monoisotopic (exact) mass is 288 g/mol. The van der Waals surface area contributed by atoms with Crippen LogP contribution in [-0.2, 0) is 0 Å². The van der Waals surface area contributed by atoms with Gasteiger partial charge in [-0.3, -0.25) is 4.90 Å². The number of hydrogen-bond acceptors (Lipinski definition) is 2. The van der Waals surface area contributed by atoms with Gasteiger partial charge in [0.25, 0.3) is 0 Å². The van der Waals surface area contributed by atoms with Crippen LogP contribution >= 0.6 is 0 Å². The first-order valence-corrected chi connectivity index (χ1v) is 8.82. The normalized spacial score (nSPS) is 22.3. The van der Waals surface area contributed by atoms with E-state index in [1.165, 1.54) is 44.3 Å². The molecule has 1 aliphatic rings. The van der Waals surface area contributed by atoms with Crippen LogP contribution in [0.2, 0.25) is 0 Å². The third-order valence-electron chi connectivity index (χ3n) is 4.94. The Morgan fingerprint density at radius 2 is 1.95 bits per heavy atom. The number of rotatable bonds is 8. The van der Waals surface area contributed by atoms with Gasteiger partial charge in [-0.25, -0.2) is 0 Å². The molecule has 21 heavy (non-hydrogen) atoms. The van der Waals surface area contributed by atoms with Gasteiger partial charge in [-0.05, 0) is 43.8 Å². The second-order valence-electron chi connectivity index (χ2n) is 6.38. The lowest BCUT2D eigenvalue weighted by atomic mass is 9.95. The third kappa shape index (κ3) is 4.31. The van der Waals surface area contributed by atoms with Gasteiger partial charge in [0.15, 0.2) is 0 Å². The average molecular weight is 288 g/mol. The molecule has 0 amide bonds. The van der Waals surface area contributed by atoms with E-state index in [1.54, 1.807) is 0 Å². The number of likely N-dealkylation sites (tertiary alicyclic amines) is 1. The van der Waals surface area contributed by atoms with Crippen LogP contribution in [0.5, 0.6) is 0 Å². The molecule has 0 aromatic heterocycles. The molecule has 2 rings (SSSR count). The lowest BCUT2D eigenvalue weighted by Crippen LogP contribution is -2.43. The zero-order chi connectivity index (χ0) is 15.1. The standard InChI is InChI=1S/C19H32N2/c1-4-13-20-19(17-10-8-7-9-11-17)18(6-3)21-14-12-16(5-2)15-21/h7-11,16,18-20H,4-6,12-15H2,1-3H3. The highest BCUT2D eigenvalue weighted by Gasteiger charge is 2.31. The summed E-state index contributed by atoms with van der Waals surface area (Å²) in [6, 6.07) is 12.1. The summed E-state index contributed by atoms with van der Waals surface area (Å²) in [4.78, 5) is 2.73. The van der Waals surface area contributed by atoms with Crippen LogP contribution in [-0.4, -0.2) is 30.6 Å². The van der Waals surface area contributed by atoms with Gasteiger partial charge >= 0.3 is 0 Å². The molecule has 2 heteroatoms. The molecule has 1 N–H and O–H groups in total. The van der Waals surface area contributed by atoms with Crippen LogP contribution in [0.4, 0.5) is 0 Å². The van der Waals surface area contributed by atoms with E-state index in [-0.39, 0.29) is 0 Å². The molecular weight excluding hydrogens is 256 g/mol. The summed E-state index contributed by atoms with van der Waals surface area (Å²) in [7, 11) is 0. The first-order valence-electron chi connectivity index (χ1n) is 8.82. The molecule has 1 aliphatic heterocycles. The molecule has 1 fully saturated rings. The Morgan fingerprint density at radius 1 is 1.19 bits per heavy atom. The Bertz CT molecular complexity index is 390. The second kappa shape index (κ2) is 8.55. The molecule has 1 aromatic rings. The lowest BCUT2D eigenvalue weighted by Gasteiger charge is -2.35. The minimum atomic E-state index is 0.465. The zero-order valence-corrected chi connectivity index (χ0v) is 14.0. The van der Waals surface area contributed by atoms with Gasteiger partial charge in [0, 0.05) is 18.6 Å². The molecule has 3 unspecified atom stereocenters. The molecule has 1 heterocycles. The maximum Gasteiger partial charge on any atom is 0.0478 e. The first kappa shape index (κ1) is 16.5. The molecule has 2 nitrogen and oxygen atoms in total. The summed E-state index contributed by atoms with van der Waals surface area (Å²) in [5, 5.41) is 3.80. The van der Waals surface area contributed by atoms with Crippen molar-refractivity contribution in [2.45, 2.75) is 58.5 Å². The smallest absolute Gasteiger partial charge is 0.0478 e. The second-order valence-corrected chi connectivity index (χ2v) is 6.38. The number of nitrogens with one attached hydrogen (secondary N) is 1. The summed E-state index contributed by atoms with van der Waals surface area (Å²) in [5.41, 5.74) is 1.44. The summed E-state index contributed by atoms with van der Waals surface area (Å²) < 4.78 is 0. The van der Waals surface area contributed by atoms with E-state index < -0.39 is 0 Å². The highest BCUT2D eigenvalue weighted by molar-refractivity contribution is 5.21. The number of nitrogens with zero attached hydrogens (tertiary/aromatic N) is 1. The van der Waals surface area contributed by atoms with Crippen LogP contribution < -0.4 is 5.32 Å². The van der Waals surface area contributed by atoms with Gasteiger partial charge in [-0.15, -0.1) is 0 Å². The van der Waals surface area contributed by atoms with Gasteiger partial charge < -0.3 is 5.32 Å². The van der Waals surface area contributed by atoms with E-state index >= 15 is 0 Å². The van der Waals surface area contributed by atoms with E-state index in [4.69, 9.17) is 0 Å². The Labute approximate surface area is 130 Å². The maximum atomic E-state index is 3.80. The van der Waals surface area contributed by atoms with E-state index in [2.05, 4.69) is 61.3 Å². The van der Waals surface area contributed by atoms with Crippen molar-refractivity contribution in [3.8, 4) is 0 Å². The molecule has 0 radical (unpaired) electrons. The van der Waals surface area contributed by atoms with Gasteiger partial charge in [0.1, 0.15) is 0 Å². The molecule has 0 spiro atoms. The van der Waals surface area contributed by atoms with Crippen molar-refractivity contribution < 1.29 is 0 Å². The zero-order valence-electron chi connectivity index (χ0n) is 14.0. The molecule has 0 saturated carbocycles. The van der Waals surface area contributed by atoms with Crippen molar-refractivity contribution >= 4 is 0 Å².